The zero-order valence-corrected chi connectivity index (χ0v) is 22.5. The molecule has 4 rings (SSSR count). The van der Waals surface area contributed by atoms with Gasteiger partial charge in [-0.05, 0) is 41.8 Å². The third-order valence-electron chi connectivity index (χ3n) is 6.10. The van der Waals surface area contributed by atoms with Crippen molar-refractivity contribution >= 4 is 34.0 Å². The van der Waals surface area contributed by atoms with Crippen LogP contribution in [0.5, 0.6) is 0 Å². The lowest BCUT2D eigenvalue weighted by Crippen LogP contribution is -2.34. The number of amides is 1. The summed E-state index contributed by atoms with van der Waals surface area (Å²) < 4.78 is 38.7. The molecule has 2 aromatic carbocycles. The molecule has 0 spiro atoms. The number of halogens is 4. The molecular formula is C29H27ClF3N3O2S. The number of nitrogens with zero attached hydrogens (tertiary/aromatic N) is 2. The number of carbonyl (C=O) groups excluding carboxylic acids is 1. The predicted octanol–water partition coefficient (Wildman–Crippen LogP) is 7.87. The summed E-state index contributed by atoms with van der Waals surface area (Å²) in [6.45, 7) is 4.12. The molecule has 0 saturated heterocycles. The molecule has 0 saturated carbocycles. The van der Waals surface area contributed by atoms with Crippen LogP contribution in [0.1, 0.15) is 35.2 Å². The maximum Gasteiger partial charge on any atom is 0.393 e. The van der Waals surface area contributed by atoms with Gasteiger partial charge in [0, 0.05) is 41.0 Å². The van der Waals surface area contributed by atoms with Crippen LogP contribution >= 0.6 is 22.9 Å². The van der Waals surface area contributed by atoms with Crippen LogP contribution in [0, 0.1) is 0 Å². The van der Waals surface area contributed by atoms with Crippen molar-refractivity contribution in [1.29, 1.82) is 0 Å². The van der Waals surface area contributed by atoms with Crippen molar-refractivity contribution in [2.24, 2.45) is 0 Å². The van der Waals surface area contributed by atoms with Crippen LogP contribution in [-0.2, 0) is 6.54 Å². The van der Waals surface area contributed by atoms with E-state index >= 15 is 0 Å². The van der Waals surface area contributed by atoms with E-state index in [2.05, 4.69) is 16.8 Å². The summed E-state index contributed by atoms with van der Waals surface area (Å²) in [4.78, 5) is 19.3. The molecule has 0 aliphatic heterocycles. The summed E-state index contributed by atoms with van der Waals surface area (Å²) >= 11 is 7.47. The van der Waals surface area contributed by atoms with E-state index in [1.54, 1.807) is 36.4 Å². The minimum atomic E-state index is -4.26. The summed E-state index contributed by atoms with van der Waals surface area (Å²) in [5, 5.41) is 15.2. The molecule has 1 aliphatic carbocycles. The molecule has 39 heavy (non-hydrogen) atoms. The molecule has 1 amide bonds. The van der Waals surface area contributed by atoms with Gasteiger partial charge in [0.2, 0.25) is 0 Å². The van der Waals surface area contributed by atoms with Crippen LogP contribution in [0.25, 0.3) is 11.3 Å². The molecule has 0 fully saturated rings. The smallest absolute Gasteiger partial charge is 0.393 e. The number of aliphatic hydroxyl groups is 1. The Morgan fingerprint density at radius 1 is 1.18 bits per heavy atom. The number of benzene rings is 2. The first-order valence-electron chi connectivity index (χ1n) is 12.2. The highest BCUT2D eigenvalue weighted by Gasteiger charge is 2.30. The standard InChI is InChI=1S/C29H27ClF3N3O2S/c1-19(37)14-15-34-27(38)23-6-2-21(3-7-23)17-36(25-12-4-20(5-13-25)16-29(31,32)33)28-35-26(18-39-28)22-8-10-24(30)11-9-22/h2-12,18,25,37H,1,13-17H2,(H,34,38). The van der Waals surface area contributed by atoms with Crippen LogP contribution in [0.15, 0.2) is 90.1 Å². The van der Waals surface area contributed by atoms with E-state index in [9.17, 15) is 23.1 Å². The summed E-state index contributed by atoms with van der Waals surface area (Å²) in [6, 6.07) is 14.3. The number of thiazole rings is 1. The molecule has 3 aromatic rings. The first-order valence-corrected chi connectivity index (χ1v) is 13.5. The number of carbonyl (C=O) groups is 1. The van der Waals surface area contributed by atoms with Crippen LogP contribution in [0.4, 0.5) is 18.3 Å². The number of aromatic nitrogens is 1. The van der Waals surface area contributed by atoms with Crippen molar-refractivity contribution in [3.63, 3.8) is 0 Å². The van der Waals surface area contributed by atoms with E-state index in [1.165, 1.54) is 17.4 Å². The number of nitrogens with one attached hydrogen (secondary N) is 1. The summed E-state index contributed by atoms with van der Waals surface area (Å²) in [5.41, 5.74) is 3.33. The highest BCUT2D eigenvalue weighted by Crippen LogP contribution is 2.34. The van der Waals surface area contributed by atoms with E-state index in [1.807, 2.05) is 29.6 Å². The van der Waals surface area contributed by atoms with Gasteiger partial charge in [0.15, 0.2) is 5.13 Å². The third kappa shape index (κ3) is 8.21. The number of rotatable bonds is 10. The SMILES string of the molecule is C=C(O)CCNC(=O)c1ccc(CN(c2nc(-c3ccc(Cl)cc3)cs2)C2C=CC(CC(F)(F)F)=CC2)cc1. The molecule has 10 heteroatoms. The van der Waals surface area contributed by atoms with Gasteiger partial charge >= 0.3 is 6.18 Å². The minimum Gasteiger partial charge on any atom is -0.513 e. The fourth-order valence-electron chi connectivity index (χ4n) is 4.10. The molecule has 1 aliphatic rings. The van der Waals surface area contributed by atoms with Gasteiger partial charge in [0.05, 0.1) is 23.9 Å². The van der Waals surface area contributed by atoms with Gasteiger partial charge in [0.25, 0.3) is 5.91 Å². The molecule has 1 unspecified atom stereocenters. The summed E-state index contributed by atoms with van der Waals surface area (Å²) in [6.07, 6.45) is 0.439. The van der Waals surface area contributed by atoms with Crippen molar-refractivity contribution in [3.8, 4) is 11.3 Å². The fourth-order valence-corrected chi connectivity index (χ4v) is 5.12. The van der Waals surface area contributed by atoms with E-state index in [4.69, 9.17) is 16.6 Å². The largest absolute Gasteiger partial charge is 0.513 e. The Bertz CT molecular complexity index is 1370. The Morgan fingerprint density at radius 2 is 1.90 bits per heavy atom. The fraction of sp³-hybridized carbons (Fsp3) is 0.241. The summed E-state index contributed by atoms with van der Waals surface area (Å²) in [7, 11) is 0. The first kappa shape index (κ1) is 28.4. The molecule has 204 valence electrons. The first-order chi connectivity index (χ1) is 18.6. The van der Waals surface area contributed by atoms with Crippen LogP contribution in [0.2, 0.25) is 5.02 Å². The normalized spacial score (nSPS) is 15.1. The van der Waals surface area contributed by atoms with Crippen molar-refractivity contribution < 1.29 is 23.1 Å². The predicted molar refractivity (Wildman–Crippen MR) is 150 cm³/mol. The average molecular weight is 574 g/mol. The zero-order chi connectivity index (χ0) is 28.0. The van der Waals surface area contributed by atoms with Crippen LogP contribution in [-0.4, -0.2) is 34.8 Å². The monoisotopic (exact) mass is 573 g/mol. The number of hydrogen-bond acceptors (Lipinski definition) is 5. The number of aliphatic hydroxyl groups excluding tert-OH is 1. The van der Waals surface area contributed by atoms with E-state index < -0.39 is 12.6 Å². The molecule has 1 atom stereocenters. The Hall–Kier alpha value is -3.56. The molecule has 1 heterocycles. The molecule has 5 nitrogen and oxygen atoms in total. The Labute approximate surface area is 234 Å². The van der Waals surface area contributed by atoms with Crippen molar-refractivity contribution in [2.45, 2.75) is 38.0 Å². The number of hydrogen-bond donors (Lipinski definition) is 2. The van der Waals surface area contributed by atoms with E-state index in [0.717, 1.165) is 22.0 Å². The quantitative estimate of drug-likeness (QED) is 0.242. The number of anilines is 1. The molecule has 0 radical (unpaired) electrons. The molecule has 1 aromatic heterocycles. The van der Waals surface area contributed by atoms with Crippen LogP contribution in [0.3, 0.4) is 0 Å². The topological polar surface area (TPSA) is 65.5 Å². The molecular weight excluding hydrogens is 547 g/mol. The zero-order valence-electron chi connectivity index (χ0n) is 20.9. The van der Waals surface area contributed by atoms with Crippen molar-refractivity contribution in [2.75, 3.05) is 11.4 Å². The average Bonchev–Trinajstić information content (AvgIpc) is 3.37. The second kappa shape index (κ2) is 12.5. The van der Waals surface area contributed by atoms with E-state index in [0.29, 0.717) is 23.6 Å². The lowest BCUT2D eigenvalue weighted by molar-refractivity contribution is -0.126. The maximum atomic E-state index is 12.9. The second-order valence-corrected chi connectivity index (χ2v) is 10.4. The van der Waals surface area contributed by atoms with E-state index in [-0.39, 0.29) is 36.2 Å². The van der Waals surface area contributed by atoms with Gasteiger partial charge in [-0.3, -0.25) is 4.79 Å². The van der Waals surface area contributed by atoms with Gasteiger partial charge in [-0.2, -0.15) is 13.2 Å². The third-order valence-corrected chi connectivity index (χ3v) is 7.23. The van der Waals surface area contributed by atoms with Crippen molar-refractivity contribution in [3.05, 3.63) is 106 Å². The lowest BCUT2D eigenvalue weighted by atomic mass is 9.99. The summed E-state index contributed by atoms with van der Waals surface area (Å²) in [5.74, 6) is -0.256. The van der Waals surface area contributed by atoms with Gasteiger partial charge in [-0.15, -0.1) is 11.3 Å². The van der Waals surface area contributed by atoms with Gasteiger partial charge in [-0.1, -0.05) is 60.7 Å². The molecule has 2 N–H and O–H groups in total. The maximum absolute atomic E-state index is 12.9. The van der Waals surface area contributed by atoms with Gasteiger partial charge in [-0.25, -0.2) is 4.98 Å². The Kier molecular flexibility index (Phi) is 9.14. The number of allylic oxidation sites excluding steroid dienone is 2. The Balaban J connectivity index is 1.53. The second-order valence-electron chi connectivity index (χ2n) is 9.15. The van der Waals surface area contributed by atoms with Crippen molar-refractivity contribution in [1.82, 2.24) is 10.3 Å². The van der Waals surface area contributed by atoms with Gasteiger partial charge < -0.3 is 15.3 Å². The Morgan fingerprint density at radius 3 is 2.51 bits per heavy atom. The number of alkyl halides is 3. The highest BCUT2D eigenvalue weighted by molar-refractivity contribution is 7.14. The van der Waals surface area contributed by atoms with Crippen LogP contribution < -0.4 is 10.2 Å². The highest BCUT2D eigenvalue weighted by atomic mass is 35.5. The lowest BCUT2D eigenvalue weighted by Gasteiger charge is -2.31. The molecule has 0 bridgehead atoms. The minimum absolute atomic E-state index is 0.00396. The van der Waals surface area contributed by atoms with Gasteiger partial charge in [0.1, 0.15) is 0 Å².